The van der Waals surface area contributed by atoms with Gasteiger partial charge in [-0.2, -0.15) is 0 Å². The van der Waals surface area contributed by atoms with Gasteiger partial charge >= 0.3 is 0 Å². The van der Waals surface area contributed by atoms with Crippen LogP contribution in [0.15, 0.2) is 42.5 Å². The third-order valence-corrected chi connectivity index (χ3v) is 5.36. The van der Waals surface area contributed by atoms with E-state index in [1.54, 1.807) is 7.11 Å². The van der Waals surface area contributed by atoms with E-state index in [0.29, 0.717) is 16.1 Å². The summed E-state index contributed by atoms with van der Waals surface area (Å²) in [6.07, 6.45) is 2.23. The van der Waals surface area contributed by atoms with Gasteiger partial charge in [-0.05, 0) is 37.1 Å². The number of methoxy groups -OCH3 is 1. The molecule has 1 aliphatic rings. The average Bonchev–Trinajstić information content (AvgIpc) is 2.63. The summed E-state index contributed by atoms with van der Waals surface area (Å²) in [5.41, 5.74) is 2.21. The Balaban J connectivity index is 1.76. The fourth-order valence-corrected chi connectivity index (χ4v) is 3.71. The highest BCUT2D eigenvalue weighted by molar-refractivity contribution is 6.42. The van der Waals surface area contributed by atoms with Crippen LogP contribution in [-0.4, -0.2) is 19.7 Å². The van der Waals surface area contributed by atoms with Crippen LogP contribution in [-0.2, 0) is 6.54 Å². The second kappa shape index (κ2) is 8.21. The predicted molar refractivity (Wildman–Crippen MR) is 100 cm³/mol. The molecule has 2 aromatic carbocycles. The maximum Gasteiger partial charge on any atom is 0.123 e. The molecule has 1 saturated heterocycles. The molecule has 2 aromatic rings. The molecule has 0 spiro atoms. The molecule has 0 aromatic heterocycles. The smallest absolute Gasteiger partial charge is 0.123 e. The summed E-state index contributed by atoms with van der Waals surface area (Å²) in [5.74, 6) is 0.908. The van der Waals surface area contributed by atoms with Crippen molar-refractivity contribution in [3.63, 3.8) is 0 Å². The highest BCUT2D eigenvalue weighted by Gasteiger charge is 2.28. The minimum atomic E-state index is 0.152. The van der Waals surface area contributed by atoms with E-state index in [-0.39, 0.29) is 6.04 Å². The zero-order chi connectivity index (χ0) is 16.9. The normalized spacial score (nSPS) is 20.8. The molecule has 0 bridgehead atoms. The summed E-state index contributed by atoms with van der Waals surface area (Å²) in [5, 5.41) is 8.49. The Morgan fingerprint density at radius 1 is 1.17 bits per heavy atom. The third-order valence-electron chi connectivity index (χ3n) is 4.52. The molecule has 0 radical (unpaired) electrons. The fraction of sp³-hybridized carbons (Fsp3) is 0.368. The molecule has 24 heavy (non-hydrogen) atoms. The van der Waals surface area contributed by atoms with Crippen LogP contribution < -0.4 is 15.4 Å². The van der Waals surface area contributed by atoms with Gasteiger partial charge in [-0.15, -0.1) is 0 Å². The molecule has 1 fully saturated rings. The first-order valence-electron chi connectivity index (χ1n) is 8.23. The fourth-order valence-electron chi connectivity index (χ4n) is 3.29. The highest BCUT2D eigenvalue weighted by atomic mass is 35.5. The number of rotatable bonds is 5. The number of hydrogen-bond acceptors (Lipinski definition) is 3. The van der Waals surface area contributed by atoms with Gasteiger partial charge in [0.05, 0.1) is 17.2 Å². The minimum Gasteiger partial charge on any atom is -0.496 e. The van der Waals surface area contributed by atoms with Gasteiger partial charge in [0.2, 0.25) is 0 Å². The van der Waals surface area contributed by atoms with Crippen molar-refractivity contribution in [1.82, 2.24) is 10.6 Å². The number of ether oxygens (including phenoxy) is 1. The topological polar surface area (TPSA) is 33.3 Å². The van der Waals surface area contributed by atoms with Crippen LogP contribution in [0, 0.1) is 0 Å². The Morgan fingerprint density at radius 3 is 2.83 bits per heavy atom. The van der Waals surface area contributed by atoms with E-state index in [4.69, 9.17) is 27.9 Å². The van der Waals surface area contributed by atoms with E-state index in [9.17, 15) is 0 Å². The molecule has 0 aliphatic carbocycles. The lowest BCUT2D eigenvalue weighted by Crippen LogP contribution is -2.45. The lowest BCUT2D eigenvalue weighted by atomic mass is 9.92. The first-order chi connectivity index (χ1) is 11.7. The first-order valence-corrected chi connectivity index (χ1v) is 8.99. The predicted octanol–water partition coefficient (Wildman–Crippen LogP) is 4.58. The van der Waals surface area contributed by atoms with Crippen molar-refractivity contribution in [2.45, 2.75) is 31.5 Å². The molecule has 0 unspecified atom stereocenters. The number of para-hydroxylation sites is 1. The number of nitrogens with one attached hydrogen (secondary N) is 2. The maximum absolute atomic E-state index is 6.44. The molecule has 1 aliphatic heterocycles. The van der Waals surface area contributed by atoms with Crippen molar-refractivity contribution in [2.75, 3.05) is 13.7 Å². The third kappa shape index (κ3) is 3.86. The molecule has 0 amide bonds. The zero-order valence-corrected chi connectivity index (χ0v) is 15.2. The largest absolute Gasteiger partial charge is 0.496 e. The standard InChI is InChI=1S/C19H22Cl2N2O/c1-24-17-10-3-2-6-13(17)12-23-16-9-5-11-22-19(16)14-7-4-8-15(20)18(14)21/h2-4,6-8,10,16,19,22-23H,5,9,11-12H2,1H3/t16-,19-/m1/s1. The van der Waals surface area contributed by atoms with E-state index < -0.39 is 0 Å². The Kier molecular flexibility index (Phi) is 6.01. The van der Waals surface area contributed by atoms with Crippen molar-refractivity contribution >= 4 is 23.2 Å². The molecule has 0 saturated carbocycles. The average molecular weight is 365 g/mol. The number of hydrogen-bond donors (Lipinski definition) is 2. The van der Waals surface area contributed by atoms with Crippen molar-refractivity contribution in [2.24, 2.45) is 0 Å². The molecular formula is C19H22Cl2N2O. The SMILES string of the molecule is COc1ccccc1CN[C@@H]1CCCN[C@@H]1c1cccc(Cl)c1Cl. The van der Waals surface area contributed by atoms with Gasteiger partial charge in [0.1, 0.15) is 5.75 Å². The summed E-state index contributed by atoms with van der Waals surface area (Å²) in [6.45, 7) is 1.74. The van der Waals surface area contributed by atoms with Crippen molar-refractivity contribution in [1.29, 1.82) is 0 Å². The van der Waals surface area contributed by atoms with Gasteiger partial charge in [0, 0.05) is 24.2 Å². The molecule has 1 heterocycles. The minimum absolute atomic E-state index is 0.152. The maximum atomic E-state index is 6.44. The van der Waals surface area contributed by atoms with Crippen molar-refractivity contribution in [3.8, 4) is 5.75 Å². The Morgan fingerprint density at radius 2 is 2.00 bits per heavy atom. The van der Waals surface area contributed by atoms with Crippen LogP contribution in [0.2, 0.25) is 10.0 Å². The second-order valence-electron chi connectivity index (χ2n) is 6.02. The second-order valence-corrected chi connectivity index (χ2v) is 6.80. The van der Waals surface area contributed by atoms with E-state index in [2.05, 4.69) is 22.8 Å². The molecule has 2 atom stereocenters. The summed E-state index contributed by atoms with van der Waals surface area (Å²) in [7, 11) is 1.70. The van der Waals surface area contributed by atoms with E-state index in [1.807, 2.05) is 30.3 Å². The summed E-state index contributed by atoms with van der Waals surface area (Å²) < 4.78 is 5.44. The molecule has 5 heteroatoms. The quantitative estimate of drug-likeness (QED) is 0.814. The van der Waals surface area contributed by atoms with Crippen LogP contribution in [0.25, 0.3) is 0 Å². The first kappa shape index (κ1) is 17.6. The number of halogens is 2. The molecular weight excluding hydrogens is 343 g/mol. The lowest BCUT2D eigenvalue weighted by molar-refractivity contribution is 0.303. The summed E-state index contributed by atoms with van der Waals surface area (Å²) in [4.78, 5) is 0. The Bertz CT molecular complexity index is 693. The van der Waals surface area contributed by atoms with Crippen LogP contribution >= 0.6 is 23.2 Å². The van der Waals surface area contributed by atoms with Crippen molar-refractivity contribution < 1.29 is 4.74 Å². The van der Waals surface area contributed by atoms with Gasteiger partial charge in [0.25, 0.3) is 0 Å². The lowest BCUT2D eigenvalue weighted by Gasteiger charge is -2.34. The van der Waals surface area contributed by atoms with Gasteiger partial charge in [-0.3, -0.25) is 0 Å². The number of benzene rings is 2. The monoisotopic (exact) mass is 364 g/mol. The molecule has 3 nitrogen and oxygen atoms in total. The molecule has 3 rings (SSSR count). The van der Waals surface area contributed by atoms with Gasteiger partial charge < -0.3 is 15.4 Å². The van der Waals surface area contributed by atoms with Crippen LogP contribution in [0.1, 0.15) is 30.0 Å². The van der Waals surface area contributed by atoms with Gasteiger partial charge in [-0.25, -0.2) is 0 Å². The van der Waals surface area contributed by atoms with Gasteiger partial charge in [-0.1, -0.05) is 53.5 Å². The highest BCUT2D eigenvalue weighted by Crippen LogP contribution is 2.34. The Hall–Kier alpha value is -1.26. The summed E-state index contributed by atoms with van der Waals surface area (Å²) >= 11 is 12.6. The van der Waals surface area contributed by atoms with E-state index >= 15 is 0 Å². The van der Waals surface area contributed by atoms with Crippen molar-refractivity contribution in [3.05, 3.63) is 63.6 Å². The van der Waals surface area contributed by atoms with Gasteiger partial charge in [0.15, 0.2) is 0 Å². The zero-order valence-electron chi connectivity index (χ0n) is 13.7. The number of piperidine rings is 1. The molecule has 2 N–H and O–H groups in total. The van der Waals surface area contributed by atoms with Crippen LogP contribution in [0.3, 0.4) is 0 Å². The Labute approximate surface area is 153 Å². The van der Waals surface area contributed by atoms with E-state index in [1.165, 1.54) is 0 Å². The van der Waals surface area contributed by atoms with Crippen LogP contribution in [0.4, 0.5) is 0 Å². The van der Waals surface area contributed by atoms with Crippen LogP contribution in [0.5, 0.6) is 5.75 Å². The van der Waals surface area contributed by atoms with E-state index in [0.717, 1.165) is 42.8 Å². The summed E-state index contributed by atoms with van der Waals surface area (Å²) in [6, 6.07) is 14.4. The molecule has 128 valence electrons.